The Kier molecular flexibility index (Phi) is 4.47. The second kappa shape index (κ2) is 6.30. The molecular formula is C15H21N5O. The summed E-state index contributed by atoms with van der Waals surface area (Å²) in [7, 11) is 7.56. The predicted octanol–water partition coefficient (Wildman–Crippen LogP) is 1.46. The molecule has 0 aliphatic carbocycles. The third-order valence-corrected chi connectivity index (χ3v) is 3.31. The third kappa shape index (κ3) is 3.34. The Balaban J connectivity index is 2.02. The SMILES string of the molecule is CNC(=O)c1ccc(NCc2cnc(N(C)C)n2C)cc1. The fraction of sp³-hybridized carbons (Fsp3) is 0.333. The van der Waals surface area contributed by atoms with Gasteiger partial charge in [0.2, 0.25) is 5.95 Å². The van der Waals surface area contributed by atoms with Crippen LogP contribution in [0.2, 0.25) is 0 Å². The van der Waals surface area contributed by atoms with Crippen molar-refractivity contribution in [3.05, 3.63) is 41.7 Å². The van der Waals surface area contributed by atoms with Crippen LogP contribution in [0.15, 0.2) is 30.5 Å². The first-order chi connectivity index (χ1) is 10.0. The van der Waals surface area contributed by atoms with E-state index >= 15 is 0 Å². The van der Waals surface area contributed by atoms with E-state index in [0.29, 0.717) is 12.1 Å². The maximum absolute atomic E-state index is 11.5. The Bertz CT molecular complexity index is 615. The molecule has 1 heterocycles. The zero-order valence-corrected chi connectivity index (χ0v) is 12.8. The zero-order valence-electron chi connectivity index (χ0n) is 12.8. The standard InChI is InChI=1S/C15H21N5O/c1-16-14(21)11-5-7-12(8-6-11)17-9-13-10-18-15(19(2)3)20(13)4/h5-8,10,17H,9H2,1-4H3,(H,16,21). The smallest absolute Gasteiger partial charge is 0.251 e. The summed E-state index contributed by atoms with van der Waals surface area (Å²) in [4.78, 5) is 17.8. The lowest BCUT2D eigenvalue weighted by atomic mass is 10.2. The number of carbonyl (C=O) groups excluding carboxylic acids is 1. The van der Waals surface area contributed by atoms with Gasteiger partial charge >= 0.3 is 0 Å². The fourth-order valence-corrected chi connectivity index (χ4v) is 2.09. The van der Waals surface area contributed by atoms with Crippen molar-refractivity contribution in [2.75, 3.05) is 31.4 Å². The molecule has 0 atom stereocenters. The molecule has 0 bridgehead atoms. The van der Waals surface area contributed by atoms with Crippen molar-refractivity contribution in [1.82, 2.24) is 14.9 Å². The highest BCUT2D eigenvalue weighted by molar-refractivity contribution is 5.94. The van der Waals surface area contributed by atoms with Crippen molar-refractivity contribution in [3.63, 3.8) is 0 Å². The Morgan fingerprint density at radius 3 is 2.48 bits per heavy atom. The van der Waals surface area contributed by atoms with Crippen LogP contribution in [0.25, 0.3) is 0 Å². The molecule has 0 spiro atoms. The molecule has 21 heavy (non-hydrogen) atoms. The van der Waals surface area contributed by atoms with Crippen LogP contribution in [0.3, 0.4) is 0 Å². The number of anilines is 2. The van der Waals surface area contributed by atoms with Gasteiger partial charge in [-0.25, -0.2) is 4.98 Å². The molecule has 0 aliphatic rings. The lowest BCUT2D eigenvalue weighted by molar-refractivity contribution is 0.0963. The zero-order chi connectivity index (χ0) is 15.4. The lowest BCUT2D eigenvalue weighted by Gasteiger charge is -2.13. The van der Waals surface area contributed by atoms with Crippen LogP contribution in [-0.2, 0) is 13.6 Å². The van der Waals surface area contributed by atoms with Crippen LogP contribution in [0.4, 0.5) is 11.6 Å². The van der Waals surface area contributed by atoms with Gasteiger partial charge in [-0.15, -0.1) is 0 Å². The van der Waals surface area contributed by atoms with Gasteiger partial charge in [0.1, 0.15) is 0 Å². The van der Waals surface area contributed by atoms with E-state index in [1.165, 1.54) is 0 Å². The number of hydrogen-bond acceptors (Lipinski definition) is 4. The Morgan fingerprint density at radius 1 is 1.29 bits per heavy atom. The maximum Gasteiger partial charge on any atom is 0.251 e. The molecule has 0 radical (unpaired) electrons. The molecule has 6 heteroatoms. The van der Waals surface area contributed by atoms with E-state index in [0.717, 1.165) is 17.3 Å². The van der Waals surface area contributed by atoms with E-state index in [1.807, 2.05) is 48.9 Å². The monoisotopic (exact) mass is 287 g/mol. The van der Waals surface area contributed by atoms with Crippen LogP contribution in [0.5, 0.6) is 0 Å². The number of amides is 1. The van der Waals surface area contributed by atoms with Gasteiger partial charge in [-0.05, 0) is 24.3 Å². The molecule has 0 saturated carbocycles. The molecule has 2 rings (SSSR count). The van der Waals surface area contributed by atoms with E-state index in [4.69, 9.17) is 0 Å². The average molecular weight is 287 g/mol. The average Bonchev–Trinajstić information content (AvgIpc) is 2.86. The van der Waals surface area contributed by atoms with Crippen LogP contribution >= 0.6 is 0 Å². The molecule has 1 aromatic carbocycles. The highest BCUT2D eigenvalue weighted by Gasteiger charge is 2.08. The number of aromatic nitrogens is 2. The summed E-state index contributed by atoms with van der Waals surface area (Å²) < 4.78 is 2.05. The Morgan fingerprint density at radius 2 is 1.95 bits per heavy atom. The van der Waals surface area contributed by atoms with Crippen molar-refractivity contribution in [2.24, 2.45) is 7.05 Å². The van der Waals surface area contributed by atoms with E-state index < -0.39 is 0 Å². The molecule has 0 unspecified atom stereocenters. The summed E-state index contributed by atoms with van der Waals surface area (Å²) in [5.41, 5.74) is 2.71. The number of rotatable bonds is 5. The first-order valence-corrected chi connectivity index (χ1v) is 6.77. The highest BCUT2D eigenvalue weighted by Crippen LogP contribution is 2.14. The molecule has 0 fully saturated rings. The number of benzene rings is 1. The van der Waals surface area contributed by atoms with Gasteiger partial charge in [0, 0.05) is 39.4 Å². The van der Waals surface area contributed by atoms with Gasteiger partial charge in [-0.3, -0.25) is 4.79 Å². The largest absolute Gasteiger partial charge is 0.379 e. The summed E-state index contributed by atoms with van der Waals surface area (Å²) in [5, 5.41) is 5.93. The molecule has 112 valence electrons. The second-order valence-electron chi connectivity index (χ2n) is 5.01. The van der Waals surface area contributed by atoms with Crippen molar-refractivity contribution < 1.29 is 4.79 Å². The Hall–Kier alpha value is -2.50. The topological polar surface area (TPSA) is 62.2 Å². The summed E-state index contributed by atoms with van der Waals surface area (Å²) >= 11 is 0. The van der Waals surface area contributed by atoms with Crippen LogP contribution in [0, 0.1) is 0 Å². The quantitative estimate of drug-likeness (QED) is 0.874. The van der Waals surface area contributed by atoms with Crippen molar-refractivity contribution in [2.45, 2.75) is 6.54 Å². The molecule has 6 nitrogen and oxygen atoms in total. The summed E-state index contributed by atoms with van der Waals surface area (Å²) in [6.45, 7) is 0.677. The van der Waals surface area contributed by atoms with E-state index in [-0.39, 0.29) is 5.91 Å². The molecule has 1 aromatic heterocycles. The van der Waals surface area contributed by atoms with E-state index in [2.05, 4.69) is 15.6 Å². The first-order valence-electron chi connectivity index (χ1n) is 6.77. The van der Waals surface area contributed by atoms with Gasteiger partial charge in [-0.2, -0.15) is 0 Å². The number of imidazole rings is 1. The van der Waals surface area contributed by atoms with Gasteiger partial charge in [-0.1, -0.05) is 0 Å². The fourth-order valence-electron chi connectivity index (χ4n) is 2.09. The van der Waals surface area contributed by atoms with Crippen LogP contribution in [0.1, 0.15) is 16.1 Å². The summed E-state index contributed by atoms with van der Waals surface area (Å²) in [6.07, 6.45) is 1.86. The van der Waals surface area contributed by atoms with Gasteiger partial charge in [0.25, 0.3) is 5.91 Å². The molecule has 2 aromatic rings. The minimum absolute atomic E-state index is 0.0798. The third-order valence-electron chi connectivity index (χ3n) is 3.31. The van der Waals surface area contributed by atoms with Crippen molar-refractivity contribution in [1.29, 1.82) is 0 Å². The predicted molar refractivity (Wildman–Crippen MR) is 84.7 cm³/mol. The van der Waals surface area contributed by atoms with Crippen LogP contribution in [-0.4, -0.2) is 36.6 Å². The highest BCUT2D eigenvalue weighted by atomic mass is 16.1. The van der Waals surface area contributed by atoms with Gasteiger partial charge in [0.15, 0.2) is 0 Å². The van der Waals surface area contributed by atoms with Crippen LogP contribution < -0.4 is 15.5 Å². The number of nitrogens with zero attached hydrogens (tertiary/aromatic N) is 3. The second-order valence-corrected chi connectivity index (χ2v) is 5.01. The summed E-state index contributed by atoms with van der Waals surface area (Å²) in [5.74, 6) is 0.838. The van der Waals surface area contributed by atoms with Gasteiger partial charge < -0.3 is 20.1 Å². The lowest BCUT2D eigenvalue weighted by Crippen LogP contribution is -2.17. The van der Waals surface area contributed by atoms with Crippen molar-refractivity contribution in [3.8, 4) is 0 Å². The van der Waals surface area contributed by atoms with Gasteiger partial charge in [0.05, 0.1) is 18.4 Å². The Labute approximate surface area is 124 Å². The van der Waals surface area contributed by atoms with E-state index in [9.17, 15) is 4.79 Å². The minimum atomic E-state index is -0.0798. The molecule has 1 amide bonds. The number of nitrogens with one attached hydrogen (secondary N) is 2. The minimum Gasteiger partial charge on any atom is -0.379 e. The van der Waals surface area contributed by atoms with Crippen molar-refractivity contribution >= 4 is 17.5 Å². The molecule has 0 aliphatic heterocycles. The maximum atomic E-state index is 11.5. The number of hydrogen-bond donors (Lipinski definition) is 2. The number of carbonyl (C=O) groups is 1. The first kappa shape index (κ1) is 14.9. The summed E-state index contributed by atoms with van der Waals surface area (Å²) in [6, 6.07) is 7.40. The molecule has 0 saturated heterocycles. The molecule has 2 N–H and O–H groups in total. The molecular weight excluding hydrogens is 266 g/mol. The normalized spacial score (nSPS) is 10.3. The van der Waals surface area contributed by atoms with E-state index in [1.54, 1.807) is 19.2 Å².